The fourth-order valence-electron chi connectivity index (χ4n) is 8.14. The van der Waals surface area contributed by atoms with Gasteiger partial charge in [-0.1, -0.05) is 164 Å². The Bertz CT molecular complexity index is 2940. The topological polar surface area (TPSA) is 8.17 Å². The van der Waals surface area contributed by atoms with Crippen molar-refractivity contribution in [2.45, 2.75) is 0 Å². The molecule has 0 aliphatic heterocycles. The molecule has 2 nitrogen and oxygen atoms in total. The Hall–Kier alpha value is -7.16. The second-order valence-corrected chi connectivity index (χ2v) is 13.7. The summed E-state index contributed by atoms with van der Waals surface area (Å²) in [6.45, 7) is 0. The van der Waals surface area contributed by atoms with Crippen LogP contribution in [0.15, 0.2) is 218 Å². The van der Waals surface area contributed by atoms with Crippen LogP contribution in [0.3, 0.4) is 0 Å². The quantitative estimate of drug-likeness (QED) is 0.162. The number of hydrogen-bond donors (Lipinski definition) is 0. The minimum Gasteiger partial charge on any atom is -0.309 e. The highest BCUT2D eigenvalue weighted by Crippen LogP contribution is 2.47. The standard InChI is InChI=1S/C52H36N2/c1-3-18-38(19-4-1)44-25-9-10-26-45(44)40-21-15-24-43(36-40)54-49-30-14-12-28-47(49)52-50(31-16-32-51(52)54)53(42-22-5-2-6-23-42)48-29-13-11-27-46(48)41-34-33-37-17-7-8-20-39(37)35-41/h1-36H. The Labute approximate surface area is 315 Å². The number of anilines is 3. The molecule has 0 aliphatic rings. The monoisotopic (exact) mass is 688 g/mol. The van der Waals surface area contributed by atoms with Crippen LogP contribution in [-0.2, 0) is 0 Å². The first-order valence-corrected chi connectivity index (χ1v) is 18.5. The highest BCUT2D eigenvalue weighted by molar-refractivity contribution is 6.17. The smallest absolute Gasteiger partial charge is 0.0562 e. The van der Waals surface area contributed by atoms with E-state index in [0.717, 1.165) is 28.3 Å². The van der Waals surface area contributed by atoms with Crippen molar-refractivity contribution in [1.82, 2.24) is 4.57 Å². The first kappa shape index (κ1) is 31.6. The van der Waals surface area contributed by atoms with E-state index < -0.39 is 0 Å². The van der Waals surface area contributed by atoms with Crippen LogP contribution in [0.1, 0.15) is 0 Å². The Morgan fingerprint density at radius 3 is 1.74 bits per heavy atom. The maximum absolute atomic E-state index is 2.44. The van der Waals surface area contributed by atoms with Gasteiger partial charge in [-0.3, -0.25) is 0 Å². The fraction of sp³-hybridized carbons (Fsp3) is 0. The fourth-order valence-corrected chi connectivity index (χ4v) is 8.14. The van der Waals surface area contributed by atoms with Gasteiger partial charge in [0.25, 0.3) is 0 Å². The summed E-state index contributed by atoms with van der Waals surface area (Å²) in [6, 6.07) is 78.9. The van der Waals surface area contributed by atoms with Crippen molar-refractivity contribution in [3.63, 3.8) is 0 Å². The van der Waals surface area contributed by atoms with Gasteiger partial charge in [0.15, 0.2) is 0 Å². The number of nitrogens with zero attached hydrogens (tertiary/aromatic N) is 2. The summed E-state index contributed by atoms with van der Waals surface area (Å²) in [6.07, 6.45) is 0. The van der Waals surface area contributed by atoms with Crippen LogP contribution in [0, 0.1) is 0 Å². The molecule has 0 fully saturated rings. The van der Waals surface area contributed by atoms with E-state index in [1.807, 2.05) is 0 Å². The SMILES string of the molecule is c1ccc(-c2ccccc2-c2cccc(-n3c4ccccc4c4c(N(c5ccccc5)c5ccccc5-c5ccc6ccccc6c5)cccc43)c2)cc1. The van der Waals surface area contributed by atoms with Gasteiger partial charge in [0.2, 0.25) is 0 Å². The lowest BCUT2D eigenvalue weighted by molar-refractivity contribution is 1.18. The van der Waals surface area contributed by atoms with Gasteiger partial charge in [0, 0.05) is 27.7 Å². The van der Waals surface area contributed by atoms with Crippen molar-refractivity contribution >= 4 is 49.6 Å². The maximum Gasteiger partial charge on any atom is 0.0562 e. The van der Waals surface area contributed by atoms with E-state index in [2.05, 4.69) is 228 Å². The summed E-state index contributed by atoms with van der Waals surface area (Å²) in [5.41, 5.74) is 14.0. The van der Waals surface area contributed by atoms with Crippen molar-refractivity contribution in [1.29, 1.82) is 0 Å². The van der Waals surface area contributed by atoms with E-state index >= 15 is 0 Å². The summed E-state index contributed by atoms with van der Waals surface area (Å²) in [7, 11) is 0. The van der Waals surface area contributed by atoms with Crippen molar-refractivity contribution in [3.8, 4) is 39.1 Å². The molecule has 254 valence electrons. The predicted octanol–water partition coefficient (Wildman–Crippen LogP) is 14.4. The summed E-state index contributed by atoms with van der Waals surface area (Å²) in [5.74, 6) is 0. The van der Waals surface area contributed by atoms with Gasteiger partial charge < -0.3 is 9.47 Å². The van der Waals surface area contributed by atoms with E-state index in [4.69, 9.17) is 0 Å². The number of hydrogen-bond acceptors (Lipinski definition) is 1. The second-order valence-electron chi connectivity index (χ2n) is 13.7. The molecule has 0 atom stereocenters. The Morgan fingerprint density at radius 1 is 0.333 bits per heavy atom. The third kappa shape index (κ3) is 5.44. The summed E-state index contributed by atoms with van der Waals surface area (Å²) < 4.78 is 2.43. The number of rotatable bonds is 7. The second kappa shape index (κ2) is 13.4. The minimum atomic E-state index is 1.11. The molecule has 0 N–H and O–H groups in total. The van der Waals surface area contributed by atoms with E-state index in [0.29, 0.717) is 0 Å². The summed E-state index contributed by atoms with van der Waals surface area (Å²) in [5, 5.41) is 4.89. The number of aromatic nitrogens is 1. The van der Waals surface area contributed by atoms with Gasteiger partial charge in [0.1, 0.15) is 0 Å². The van der Waals surface area contributed by atoms with Gasteiger partial charge in [-0.05, 0) is 93.2 Å². The van der Waals surface area contributed by atoms with Crippen LogP contribution in [0.4, 0.5) is 17.1 Å². The normalized spacial score (nSPS) is 11.3. The maximum atomic E-state index is 2.44. The van der Waals surface area contributed by atoms with Crippen molar-refractivity contribution in [2.75, 3.05) is 4.90 Å². The molecular formula is C52H36N2. The lowest BCUT2D eigenvalue weighted by Crippen LogP contribution is -2.11. The van der Waals surface area contributed by atoms with Gasteiger partial charge in [-0.15, -0.1) is 0 Å². The Kier molecular flexibility index (Phi) is 7.85. The molecular weight excluding hydrogens is 653 g/mol. The van der Waals surface area contributed by atoms with Crippen LogP contribution in [0.25, 0.3) is 71.6 Å². The van der Waals surface area contributed by atoms with Crippen LogP contribution >= 0.6 is 0 Å². The largest absolute Gasteiger partial charge is 0.309 e. The third-order valence-corrected chi connectivity index (χ3v) is 10.6. The lowest BCUT2D eigenvalue weighted by Gasteiger charge is -2.28. The summed E-state index contributed by atoms with van der Waals surface area (Å²) >= 11 is 0. The average molecular weight is 689 g/mol. The molecule has 9 aromatic carbocycles. The van der Waals surface area contributed by atoms with Crippen molar-refractivity contribution in [2.24, 2.45) is 0 Å². The summed E-state index contributed by atoms with van der Waals surface area (Å²) in [4.78, 5) is 2.44. The molecule has 0 amide bonds. The molecule has 10 rings (SSSR count). The number of para-hydroxylation sites is 3. The van der Waals surface area contributed by atoms with Crippen LogP contribution in [0.5, 0.6) is 0 Å². The van der Waals surface area contributed by atoms with Crippen molar-refractivity contribution < 1.29 is 0 Å². The van der Waals surface area contributed by atoms with Gasteiger partial charge in [0.05, 0.1) is 22.4 Å². The molecule has 0 unspecified atom stereocenters. The van der Waals surface area contributed by atoms with Gasteiger partial charge >= 0.3 is 0 Å². The highest BCUT2D eigenvalue weighted by Gasteiger charge is 2.23. The zero-order valence-electron chi connectivity index (χ0n) is 29.7. The lowest BCUT2D eigenvalue weighted by atomic mass is 9.94. The van der Waals surface area contributed by atoms with Gasteiger partial charge in [-0.25, -0.2) is 0 Å². The number of fused-ring (bicyclic) bond motifs is 4. The minimum absolute atomic E-state index is 1.11. The molecule has 0 spiro atoms. The van der Waals surface area contributed by atoms with Crippen molar-refractivity contribution in [3.05, 3.63) is 218 Å². The molecule has 0 radical (unpaired) electrons. The average Bonchev–Trinajstić information content (AvgIpc) is 3.60. The van der Waals surface area contributed by atoms with E-state index in [-0.39, 0.29) is 0 Å². The van der Waals surface area contributed by atoms with Crippen LogP contribution < -0.4 is 4.90 Å². The first-order valence-electron chi connectivity index (χ1n) is 18.5. The zero-order chi connectivity index (χ0) is 35.8. The van der Waals surface area contributed by atoms with E-state index in [1.54, 1.807) is 0 Å². The Balaban J connectivity index is 1.20. The number of benzene rings is 9. The van der Waals surface area contributed by atoms with Gasteiger partial charge in [-0.2, -0.15) is 0 Å². The molecule has 0 bridgehead atoms. The predicted molar refractivity (Wildman–Crippen MR) is 229 cm³/mol. The molecule has 0 saturated heterocycles. The molecule has 0 saturated carbocycles. The van der Waals surface area contributed by atoms with Crippen LogP contribution in [-0.4, -0.2) is 4.57 Å². The third-order valence-electron chi connectivity index (χ3n) is 10.6. The molecule has 1 aromatic heterocycles. The molecule has 54 heavy (non-hydrogen) atoms. The van der Waals surface area contributed by atoms with E-state index in [1.165, 1.54) is 60.4 Å². The molecule has 0 aliphatic carbocycles. The molecule has 1 heterocycles. The molecule has 10 aromatic rings. The Morgan fingerprint density at radius 2 is 0.907 bits per heavy atom. The zero-order valence-corrected chi connectivity index (χ0v) is 29.7. The van der Waals surface area contributed by atoms with Crippen LogP contribution in [0.2, 0.25) is 0 Å². The highest BCUT2D eigenvalue weighted by atomic mass is 15.1. The first-order chi connectivity index (χ1) is 26.8. The molecule has 2 heteroatoms. The van der Waals surface area contributed by atoms with E-state index in [9.17, 15) is 0 Å².